The maximum absolute atomic E-state index is 13.6. The number of rotatable bonds is 7. The number of amides is 1. The Morgan fingerprint density at radius 1 is 0.824 bits per heavy atom. The second-order valence-corrected chi connectivity index (χ2v) is 7.66. The van der Waals surface area contributed by atoms with Gasteiger partial charge < -0.3 is 18.9 Å². The van der Waals surface area contributed by atoms with Crippen LogP contribution in [0.5, 0.6) is 23.0 Å². The number of anilines is 1. The number of halogens is 1. The molecule has 7 nitrogen and oxygen atoms in total. The van der Waals surface area contributed by atoms with Crippen LogP contribution >= 0.6 is 11.6 Å². The number of hydrogen-bond donors (Lipinski definition) is 0. The summed E-state index contributed by atoms with van der Waals surface area (Å²) in [6.45, 7) is 0. The van der Waals surface area contributed by atoms with Crippen molar-refractivity contribution in [2.45, 2.75) is 0 Å². The molecule has 0 N–H and O–H groups in total. The van der Waals surface area contributed by atoms with Crippen LogP contribution in [-0.2, 0) is 4.79 Å². The first-order chi connectivity index (χ1) is 16.5. The van der Waals surface area contributed by atoms with Gasteiger partial charge in [0, 0.05) is 5.56 Å². The van der Waals surface area contributed by atoms with Crippen LogP contribution in [-0.4, -0.2) is 40.2 Å². The van der Waals surface area contributed by atoms with E-state index >= 15 is 0 Å². The number of aliphatic imine (C=N–C) groups is 1. The minimum absolute atomic E-state index is 0.250. The highest BCUT2D eigenvalue weighted by molar-refractivity contribution is 6.35. The van der Waals surface area contributed by atoms with Crippen LogP contribution in [0.15, 0.2) is 71.4 Å². The summed E-state index contributed by atoms with van der Waals surface area (Å²) in [4.78, 5) is 19.8. The van der Waals surface area contributed by atoms with Gasteiger partial charge in [0.25, 0.3) is 5.91 Å². The maximum atomic E-state index is 13.6. The lowest BCUT2D eigenvalue weighted by atomic mass is 10.1. The molecule has 0 saturated heterocycles. The van der Waals surface area contributed by atoms with Crippen LogP contribution in [0.4, 0.5) is 5.69 Å². The number of methoxy groups -OCH3 is 4. The summed E-state index contributed by atoms with van der Waals surface area (Å²) in [6.07, 6.45) is 1.68. The van der Waals surface area contributed by atoms with Crippen LogP contribution in [0.25, 0.3) is 6.08 Å². The van der Waals surface area contributed by atoms with Gasteiger partial charge in [-0.25, -0.2) is 4.99 Å². The number of hydrogen-bond acceptors (Lipinski definition) is 6. The molecular weight excluding hydrogens is 456 g/mol. The van der Waals surface area contributed by atoms with Gasteiger partial charge in [0.15, 0.2) is 11.5 Å². The number of nitrogens with zero attached hydrogens (tertiary/aromatic N) is 2. The van der Waals surface area contributed by atoms with Crippen LogP contribution < -0.4 is 23.8 Å². The molecule has 0 unspecified atom stereocenters. The Bertz CT molecular complexity index is 1260. The molecule has 0 radical (unpaired) electrons. The predicted octanol–water partition coefficient (Wildman–Crippen LogP) is 5.21. The van der Waals surface area contributed by atoms with Crippen molar-refractivity contribution >= 4 is 35.1 Å². The molecular formula is C26H23ClN2O5. The Morgan fingerprint density at radius 2 is 1.47 bits per heavy atom. The zero-order valence-electron chi connectivity index (χ0n) is 19.2. The van der Waals surface area contributed by atoms with Gasteiger partial charge in [-0.3, -0.25) is 9.69 Å². The lowest BCUT2D eigenvalue weighted by Crippen LogP contribution is -2.32. The topological polar surface area (TPSA) is 69.6 Å². The molecule has 0 spiro atoms. The van der Waals surface area contributed by atoms with E-state index in [9.17, 15) is 4.79 Å². The molecule has 8 heteroatoms. The fourth-order valence-electron chi connectivity index (χ4n) is 3.67. The standard InChI is InChI=1S/C26H23ClN2O5/c1-31-21-11-10-18(15-19(21)27)29-25(17-8-6-5-7-9-17)28-20(26(29)30)12-16-13-22(32-2)24(34-4)23(14-16)33-3/h5-15H,1-4H3/b20-12-. The minimum Gasteiger partial charge on any atom is -0.495 e. The summed E-state index contributed by atoms with van der Waals surface area (Å²) in [6, 6.07) is 18.2. The molecule has 1 amide bonds. The zero-order valence-corrected chi connectivity index (χ0v) is 19.9. The molecule has 3 aromatic rings. The third-order valence-corrected chi connectivity index (χ3v) is 5.57. The van der Waals surface area contributed by atoms with E-state index in [1.54, 1.807) is 36.4 Å². The second-order valence-electron chi connectivity index (χ2n) is 7.25. The Balaban J connectivity index is 1.84. The largest absolute Gasteiger partial charge is 0.495 e. The van der Waals surface area contributed by atoms with Gasteiger partial charge >= 0.3 is 0 Å². The second kappa shape index (κ2) is 9.89. The van der Waals surface area contributed by atoms with Gasteiger partial charge in [0.05, 0.1) is 39.1 Å². The minimum atomic E-state index is -0.297. The number of carbonyl (C=O) groups is 1. The van der Waals surface area contributed by atoms with E-state index in [1.807, 2.05) is 30.3 Å². The molecule has 174 valence electrons. The van der Waals surface area contributed by atoms with E-state index in [1.165, 1.54) is 33.3 Å². The summed E-state index contributed by atoms with van der Waals surface area (Å²) in [5.74, 6) is 2.13. The van der Waals surface area contributed by atoms with Crippen LogP contribution in [0, 0.1) is 0 Å². The average molecular weight is 479 g/mol. The van der Waals surface area contributed by atoms with Crippen molar-refractivity contribution < 1.29 is 23.7 Å². The van der Waals surface area contributed by atoms with E-state index in [-0.39, 0.29) is 11.6 Å². The SMILES string of the molecule is COc1ccc(N2C(=O)/C(=C/c3cc(OC)c(OC)c(OC)c3)N=C2c2ccccc2)cc1Cl. The lowest BCUT2D eigenvalue weighted by molar-refractivity contribution is -0.113. The number of benzene rings is 3. The third-order valence-electron chi connectivity index (χ3n) is 5.28. The molecule has 1 heterocycles. The normalized spacial score (nSPS) is 14.3. The highest BCUT2D eigenvalue weighted by atomic mass is 35.5. The van der Waals surface area contributed by atoms with Gasteiger partial charge in [0.1, 0.15) is 17.3 Å². The molecule has 3 aromatic carbocycles. The van der Waals surface area contributed by atoms with E-state index < -0.39 is 0 Å². The van der Waals surface area contributed by atoms with Gasteiger partial charge in [0.2, 0.25) is 5.75 Å². The van der Waals surface area contributed by atoms with Crippen molar-refractivity contribution in [3.05, 3.63) is 82.5 Å². The van der Waals surface area contributed by atoms with Gasteiger partial charge in [-0.05, 0) is 42.0 Å². The average Bonchev–Trinajstić information content (AvgIpc) is 3.19. The van der Waals surface area contributed by atoms with E-state index in [4.69, 9.17) is 30.5 Å². The van der Waals surface area contributed by atoms with E-state index in [0.29, 0.717) is 45.1 Å². The zero-order chi connectivity index (χ0) is 24.2. The van der Waals surface area contributed by atoms with Crippen molar-refractivity contribution in [2.24, 2.45) is 4.99 Å². The highest BCUT2D eigenvalue weighted by Gasteiger charge is 2.33. The molecule has 0 aliphatic carbocycles. The molecule has 4 rings (SSSR count). The summed E-state index contributed by atoms with van der Waals surface area (Å²) < 4.78 is 21.5. The van der Waals surface area contributed by atoms with Crippen molar-refractivity contribution in [3.8, 4) is 23.0 Å². The first-order valence-electron chi connectivity index (χ1n) is 10.3. The monoisotopic (exact) mass is 478 g/mol. The number of amidine groups is 1. The molecule has 34 heavy (non-hydrogen) atoms. The Labute approximate surface area is 202 Å². The number of carbonyl (C=O) groups excluding carboxylic acids is 1. The molecule has 1 aliphatic rings. The van der Waals surface area contributed by atoms with Crippen molar-refractivity contribution in [1.29, 1.82) is 0 Å². The van der Waals surface area contributed by atoms with Gasteiger partial charge in [-0.2, -0.15) is 0 Å². The van der Waals surface area contributed by atoms with Crippen molar-refractivity contribution in [2.75, 3.05) is 33.3 Å². The first-order valence-corrected chi connectivity index (χ1v) is 10.7. The molecule has 0 bridgehead atoms. The quantitative estimate of drug-likeness (QED) is 0.436. The van der Waals surface area contributed by atoms with Crippen LogP contribution in [0.1, 0.15) is 11.1 Å². The predicted molar refractivity (Wildman–Crippen MR) is 133 cm³/mol. The Hall–Kier alpha value is -3.97. The Morgan fingerprint density at radius 3 is 2.03 bits per heavy atom. The van der Waals surface area contributed by atoms with Crippen LogP contribution in [0.3, 0.4) is 0 Å². The first kappa shape index (κ1) is 23.2. The summed E-state index contributed by atoms with van der Waals surface area (Å²) in [5, 5.41) is 0.391. The molecule has 1 aliphatic heterocycles. The number of ether oxygens (including phenoxy) is 4. The summed E-state index contributed by atoms with van der Waals surface area (Å²) in [5.41, 5.74) is 2.28. The maximum Gasteiger partial charge on any atom is 0.282 e. The summed E-state index contributed by atoms with van der Waals surface area (Å²) in [7, 11) is 6.15. The Kier molecular flexibility index (Phi) is 6.75. The van der Waals surface area contributed by atoms with E-state index in [0.717, 1.165) is 5.56 Å². The fraction of sp³-hybridized carbons (Fsp3) is 0.154. The van der Waals surface area contributed by atoms with Crippen molar-refractivity contribution in [1.82, 2.24) is 0 Å². The highest BCUT2D eigenvalue weighted by Crippen LogP contribution is 2.39. The third kappa shape index (κ3) is 4.30. The van der Waals surface area contributed by atoms with E-state index in [2.05, 4.69) is 4.99 Å². The molecule has 0 aromatic heterocycles. The molecule has 0 fully saturated rings. The van der Waals surface area contributed by atoms with Gasteiger partial charge in [-0.15, -0.1) is 0 Å². The van der Waals surface area contributed by atoms with Gasteiger partial charge in [-0.1, -0.05) is 41.9 Å². The van der Waals surface area contributed by atoms with Crippen LogP contribution in [0.2, 0.25) is 5.02 Å². The summed E-state index contributed by atoms with van der Waals surface area (Å²) >= 11 is 6.35. The molecule has 0 atom stereocenters. The molecule has 0 saturated carbocycles. The van der Waals surface area contributed by atoms with Crippen molar-refractivity contribution in [3.63, 3.8) is 0 Å². The lowest BCUT2D eigenvalue weighted by Gasteiger charge is -2.19. The fourth-order valence-corrected chi connectivity index (χ4v) is 3.93. The smallest absolute Gasteiger partial charge is 0.282 e.